The second-order valence-corrected chi connectivity index (χ2v) is 7.83. The van der Waals surface area contributed by atoms with E-state index in [0.717, 1.165) is 28.4 Å². The van der Waals surface area contributed by atoms with Gasteiger partial charge in [0.15, 0.2) is 0 Å². The van der Waals surface area contributed by atoms with Gasteiger partial charge in [0.1, 0.15) is 6.04 Å². The zero-order chi connectivity index (χ0) is 21.3. The highest BCUT2D eigenvalue weighted by atomic mass is 19.4. The minimum absolute atomic E-state index is 0.0273. The van der Waals surface area contributed by atoms with Crippen LogP contribution in [-0.4, -0.2) is 31.2 Å². The molecule has 30 heavy (non-hydrogen) atoms. The largest absolute Gasteiger partial charge is 0.391 e. The smallest absolute Gasteiger partial charge is 0.372 e. The molecule has 160 valence electrons. The molecule has 2 aliphatic rings. The number of piperidine rings is 1. The first-order chi connectivity index (χ1) is 14.3. The molecule has 2 heterocycles. The van der Waals surface area contributed by atoms with E-state index in [2.05, 4.69) is 16.0 Å². The van der Waals surface area contributed by atoms with E-state index < -0.39 is 12.1 Å². The maximum atomic E-state index is 12.8. The van der Waals surface area contributed by atoms with E-state index in [1.807, 2.05) is 54.3 Å². The molecule has 1 unspecified atom stereocenters. The second kappa shape index (κ2) is 8.08. The average Bonchev–Trinajstić information content (AvgIpc) is 2.73. The number of nitrogens with zero attached hydrogens (tertiary/aromatic N) is 1. The average molecular weight is 418 g/mol. The number of carbonyl (C=O) groups excluding carboxylic acids is 1. The number of anilines is 5. The number of nitrogens with one attached hydrogen (secondary N) is 3. The fourth-order valence-corrected chi connectivity index (χ4v) is 4.00. The number of benzene rings is 2. The first-order valence-electron chi connectivity index (χ1n) is 10.2. The molecule has 2 aromatic rings. The zero-order valence-electron chi connectivity index (χ0n) is 16.7. The van der Waals surface area contributed by atoms with Crippen molar-refractivity contribution in [3.63, 3.8) is 0 Å². The maximum Gasteiger partial charge on any atom is 0.391 e. The maximum absolute atomic E-state index is 12.8. The van der Waals surface area contributed by atoms with Gasteiger partial charge in [-0.25, -0.2) is 0 Å². The van der Waals surface area contributed by atoms with E-state index in [0.29, 0.717) is 19.5 Å². The lowest BCUT2D eigenvalue weighted by Gasteiger charge is -2.34. The molecule has 1 atom stereocenters. The van der Waals surface area contributed by atoms with Crippen LogP contribution in [0.15, 0.2) is 42.5 Å². The summed E-state index contributed by atoms with van der Waals surface area (Å²) in [6, 6.07) is 13.2. The van der Waals surface area contributed by atoms with Crippen molar-refractivity contribution < 1.29 is 18.0 Å². The van der Waals surface area contributed by atoms with Gasteiger partial charge < -0.3 is 20.9 Å². The number of rotatable bonds is 4. The zero-order valence-corrected chi connectivity index (χ0v) is 16.7. The molecule has 0 aromatic heterocycles. The van der Waals surface area contributed by atoms with Gasteiger partial charge in [-0.15, -0.1) is 0 Å². The molecular formula is C22H25F3N4O. The summed E-state index contributed by atoms with van der Waals surface area (Å²) in [5.74, 6) is -1.22. The normalized spacial score (nSPS) is 19.7. The van der Waals surface area contributed by atoms with Gasteiger partial charge in [0, 0.05) is 30.2 Å². The van der Waals surface area contributed by atoms with Crippen LogP contribution in [0.25, 0.3) is 0 Å². The van der Waals surface area contributed by atoms with Gasteiger partial charge in [-0.05, 0) is 61.7 Å². The summed E-state index contributed by atoms with van der Waals surface area (Å²) >= 11 is 0. The molecule has 4 rings (SSSR count). The van der Waals surface area contributed by atoms with Crippen LogP contribution in [0.2, 0.25) is 0 Å². The highest BCUT2D eigenvalue weighted by molar-refractivity contribution is 6.03. The summed E-state index contributed by atoms with van der Waals surface area (Å²) in [7, 11) is 0. The highest BCUT2D eigenvalue weighted by Gasteiger charge is 2.41. The standard InChI is InChI=1S/C22H25F3N4O/c1-2-18-21(30)28-19-8-5-16(13-20(19)27-18)26-15-3-6-17(7-4-15)29-11-9-14(10-12-29)22(23,24)25/h3-8,13-14,18,26-27H,2,9-12H2,1H3,(H,28,30). The third kappa shape index (κ3) is 4.32. The van der Waals surface area contributed by atoms with Gasteiger partial charge in [-0.3, -0.25) is 4.79 Å². The summed E-state index contributed by atoms with van der Waals surface area (Å²) in [5, 5.41) is 9.49. The van der Waals surface area contributed by atoms with Crippen molar-refractivity contribution >= 4 is 34.3 Å². The van der Waals surface area contributed by atoms with E-state index >= 15 is 0 Å². The van der Waals surface area contributed by atoms with E-state index in [1.54, 1.807) is 0 Å². The number of alkyl halides is 3. The van der Waals surface area contributed by atoms with Crippen LogP contribution in [0.5, 0.6) is 0 Å². The molecule has 0 spiro atoms. The Labute approximate surface area is 173 Å². The lowest BCUT2D eigenvalue weighted by atomic mass is 9.96. The van der Waals surface area contributed by atoms with Crippen molar-refractivity contribution in [1.29, 1.82) is 0 Å². The van der Waals surface area contributed by atoms with E-state index in [1.165, 1.54) is 0 Å². The molecule has 0 saturated carbocycles. The number of carbonyl (C=O) groups is 1. The fraction of sp³-hybridized carbons (Fsp3) is 0.409. The Balaban J connectivity index is 1.39. The quantitative estimate of drug-likeness (QED) is 0.626. The van der Waals surface area contributed by atoms with Gasteiger partial charge in [0.25, 0.3) is 0 Å². The van der Waals surface area contributed by atoms with E-state index in [4.69, 9.17) is 0 Å². The Morgan fingerprint density at radius 2 is 1.70 bits per heavy atom. The van der Waals surface area contributed by atoms with E-state index in [-0.39, 0.29) is 24.8 Å². The Hall–Kier alpha value is -2.90. The number of amides is 1. The molecule has 0 aliphatic carbocycles. The molecular weight excluding hydrogens is 393 g/mol. The molecule has 8 heteroatoms. The molecule has 3 N–H and O–H groups in total. The summed E-state index contributed by atoms with van der Waals surface area (Å²) < 4.78 is 38.5. The third-order valence-corrected chi connectivity index (χ3v) is 5.81. The lowest BCUT2D eigenvalue weighted by molar-refractivity contribution is -0.179. The van der Waals surface area contributed by atoms with Crippen LogP contribution in [-0.2, 0) is 4.79 Å². The first-order valence-corrected chi connectivity index (χ1v) is 10.2. The molecule has 5 nitrogen and oxygen atoms in total. The molecule has 2 aliphatic heterocycles. The van der Waals surface area contributed by atoms with Crippen molar-refractivity contribution in [2.45, 2.75) is 38.4 Å². The Morgan fingerprint density at radius 3 is 2.33 bits per heavy atom. The highest BCUT2D eigenvalue weighted by Crippen LogP contribution is 2.36. The predicted octanol–water partition coefficient (Wildman–Crippen LogP) is 5.35. The molecule has 1 saturated heterocycles. The summed E-state index contributed by atoms with van der Waals surface area (Å²) in [6.45, 7) is 2.78. The SMILES string of the molecule is CCC1Nc2cc(Nc3ccc(N4CCC(C(F)(F)F)CC4)cc3)ccc2NC1=O. The van der Waals surface area contributed by atoms with Gasteiger partial charge in [-0.1, -0.05) is 6.92 Å². The van der Waals surface area contributed by atoms with Crippen LogP contribution in [0.1, 0.15) is 26.2 Å². The molecule has 2 aromatic carbocycles. The van der Waals surface area contributed by atoms with E-state index in [9.17, 15) is 18.0 Å². The minimum atomic E-state index is -4.09. The minimum Gasteiger partial charge on any atom is -0.372 e. The fourth-order valence-electron chi connectivity index (χ4n) is 4.00. The van der Waals surface area contributed by atoms with Crippen LogP contribution in [0.4, 0.5) is 41.6 Å². The van der Waals surface area contributed by atoms with Gasteiger partial charge in [0.05, 0.1) is 17.3 Å². The summed E-state index contributed by atoms with van der Waals surface area (Å²) in [4.78, 5) is 13.9. The van der Waals surface area contributed by atoms with Gasteiger partial charge >= 0.3 is 6.18 Å². The summed E-state index contributed by atoms with van der Waals surface area (Å²) in [5.41, 5.74) is 4.33. The van der Waals surface area contributed by atoms with Crippen molar-refractivity contribution in [3.8, 4) is 0 Å². The Morgan fingerprint density at radius 1 is 1.03 bits per heavy atom. The van der Waals surface area contributed by atoms with Crippen LogP contribution in [0.3, 0.4) is 0 Å². The Kier molecular flexibility index (Phi) is 5.49. The van der Waals surface area contributed by atoms with Crippen molar-refractivity contribution in [1.82, 2.24) is 0 Å². The van der Waals surface area contributed by atoms with Crippen LogP contribution >= 0.6 is 0 Å². The topological polar surface area (TPSA) is 56.4 Å². The predicted molar refractivity (Wildman–Crippen MR) is 113 cm³/mol. The van der Waals surface area contributed by atoms with Crippen molar-refractivity contribution in [2.75, 3.05) is 33.9 Å². The molecule has 0 radical (unpaired) electrons. The molecule has 1 fully saturated rings. The second-order valence-electron chi connectivity index (χ2n) is 7.83. The number of hydrogen-bond donors (Lipinski definition) is 3. The van der Waals surface area contributed by atoms with Gasteiger partial charge in [0.2, 0.25) is 5.91 Å². The van der Waals surface area contributed by atoms with Crippen molar-refractivity contribution in [2.24, 2.45) is 5.92 Å². The van der Waals surface area contributed by atoms with Crippen LogP contribution < -0.4 is 20.9 Å². The molecule has 1 amide bonds. The number of halogens is 3. The monoisotopic (exact) mass is 418 g/mol. The Bertz CT molecular complexity index is 906. The first kappa shape index (κ1) is 20.4. The number of hydrogen-bond acceptors (Lipinski definition) is 4. The third-order valence-electron chi connectivity index (χ3n) is 5.81. The molecule has 0 bridgehead atoms. The lowest BCUT2D eigenvalue weighted by Crippen LogP contribution is -2.38. The van der Waals surface area contributed by atoms with Crippen molar-refractivity contribution in [3.05, 3.63) is 42.5 Å². The number of fused-ring (bicyclic) bond motifs is 1. The van der Waals surface area contributed by atoms with Crippen LogP contribution in [0, 0.1) is 5.92 Å². The van der Waals surface area contributed by atoms with Gasteiger partial charge in [-0.2, -0.15) is 13.2 Å². The summed E-state index contributed by atoms with van der Waals surface area (Å²) in [6.07, 6.45) is -3.12.